The van der Waals surface area contributed by atoms with Gasteiger partial charge >= 0.3 is 0 Å². The molecule has 1 amide bonds. The van der Waals surface area contributed by atoms with Crippen molar-refractivity contribution in [3.05, 3.63) is 0 Å². The molecular formula is C13H27N3O4S. The summed E-state index contributed by atoms with van der Waals surface area (Å²) in [7, 11) is -3.29. The van der Waals surface area contributed by atoms with Crippen molar-refractivity contribution in [2.45, 2.75) is 19.8 Å². The van der Waals surface area contributed by atoms with Crippen LogP contribution >= 0.6 is 0 Å². The van der Waals surface area contributed by atoms with Crippen LogP contribution in [0.5, 0.6) is 0 Å². The Hall–Kier alpha value is -0.700. The number of sulfonamides is 1. The Morgan fingerprint density at radius 3 is 2.52 bits per heavy atom. The minimum absolute atomic E-state index is 0.100. The van der Waals surface area contributed by atoms with E-state index in [1.165, 1.54) is 10.6 Å². The van der Waals surface area contributed by atoms with Gasteiger partial charge in [0.05, 0.1) is 19.5 Å². The zero-order chi connectivity index (χ0) is 15.7. The Balaban J connectivity index is 2.39. The molecule has 1 aliphatic rings. The highest BCUT2D eigenvalue weighted by atomic mass is 32.2. The molecule has 1 heterocycles. The topological polar surface area (TPSA) is 79.0 Å². The molecular weight excluding hydrogens is 294 g/mol. The first kappa shape index (κ1) is 18.3. The Labute approximate surface area is 127 Å². The van der Waals surface area contributed by atoms with Crippen molar-refractivity contribution in [3.8, 4) is 0 Å². The van der Waals surface area contributed by atoms with Crippen molar-refractivity contribution >= 4 is 15.9 Å². The second-order valence-electron chi connectivity index (χ2n) is 5.22. The molecule has 1 aliphatic heterocycles. The van der Waals surface area contributed by atoms with Gasteiger partial charge in [0.2, 0.25) is 15.9 Å². The fourth-order valence-corrected chi connectivity index (χ4v) is 2.94. The lowest BCUT2D eigenvalue weighted by Gasteiger charge is -2.29. The zero-order valence-corrected chi connectivity index (χ0v) is 13.8. The van der Waals surface area contributed by atoms with E-state index < -0.39 is 10.0 Å². The standard InChI is InChI=1S/C13H27N3O4S/c1-3-5-14-13(17)4-6-16(21(2,18)19)8-7-15-9-11-20-12-10-15/h3-12H2,1-2H3,(H,14,17). The van der Waals surface area contributed by atoms with E-state index in [0.717, 1.165) is 19.5 Å². The molecule has 0 aliphatic carbocycles. The number of ether oxygens (including phenoxy) is 1. The summed E-state index contributed by atoms with van der Waals surface area (Å²) in [6.07, 6.45) is 2.27. The fourth-order valence-electron chi connectivity index (χ4n) is 2.10. The molecule has 0 atom stereocenters. The van der Waals surface area contributed by atoms with E-state index in [2.05, 4.69) is 10.2 Å². The van der Waals surface area contributed by atoms with Crippen LogP contribution in [0.1, 0.15) is 19.8 Å². The van der Waals surface area contributed by atoms with Crippen LogP contribution in [-0.2, 0) is 19.6 Å². The molecule has 21 heavy (non-hydrogen) atoms. The molecule has 1 saturated heterocycles. The molecule has 7 nitrogen and oxygen atoms in total. The summed E-state index contributed by atoms with van der Waals surface area (Å²) >= 11 is 0. The van der Waals surface area contributed by atoms with Gasteiger partial charge in [0.1, 0.15) is 0 Å². The van der Waals surface area contributed by atoms with Gasteiger partial charge in [-0.3, -0.25) is 9.69 Å². The molecule has 0 spiro atoms. The first-order chi connectivity index (χ1) is 9.93. The number of amides is 1. The number of carbonyl (C=O) groups excluding carboxylic acids is 1. The SMILES string of the molecule is CCCNC(=O)CCN(CCN1CCOCC1)S(C)(=O)=O. The van der Waals surface area contributed by atoms with Crippen LogP contribution in [-0.4, -0.2) is 82.3 Å². The summed E-state index contributed by atoms with van der Waals surface area (Å²) in [5, 5.41) is 2.76. The van der Waals surface area contributed by atoms with Crippen molar-refractivity contribution in [1.29, 1.82) is 0 Å². The maximum absolute atomic E-state index is 11.8. The van der Waals surface area contributed by atoms with Crippen molar-refractivity contribution in [3.63, 3.8) is 0 Å². The minimum atomic E-state index is -3.29. The van der Waals surface area contributed by atoms with Gasteiger partial charge in [0, 0.05) is 45.7 Å². The largest absolute Gasteiger partial charge is 0.379 e. The van der Waals surface area contributed by atoms with Crippen LogP contribution in [0.2, 0.25) is 0 Å². The van der Waals surface area contributed by atoms with E-state index in [4.69, 9.17) is 4.74 Å². The average Bonchev–Trinajstić information content (AvgIpc) is 2.44. The molecule has 0 aromatic heterocycles. The Morgan fingerprint density at radius 1 is 1.29 bits per heavy atom. The van der Waals surface area contributed by atoms with E-state index in [-0.39, 0.29) is 18.9 Å². The first-order valence-electron chi connectivity index (χ1n) is 7.45. The lowest BCUT2D eigenvalue weighted by atomic mass is 10.3. The molecule has 0 bridgehead atoms. The Bertz CT molecular complexity index is 408. The third kappa shape index (κ3) is 7.75. The van der Waals surface area contributed by atoms with E-state index in [1.807, 2.05) is 6.92 Å². The summed E-state index contributed by atoms with van der Waals surface area (Å²) in [4.78, 5) is 13.8. The van der Waals surface area contributed by atoms with Gasteiger partial charge in [0.15, 0.2) is 0 Å². The minimum Gasteiger partial charge on any atom is -0.379 e. The number of carbonyl (C=O) groups is 1. The van der Waals surface area contributed by atoms with Crippen molar-refractivity contribution in [2.75, 3.05) is 58.7 Å². The van der Waals surface area contributed by atoms with Gasteiger partial charge in [-0.2, -0.15) is 0 Å². The van der Waals surface area contributed by atoms with Crippen LogP contribution < -0.4 is 5.32 Å². The van der Waals surface area contributed by atoms with E-state index in [1.54, 1.807) is 0 Å². The van der Waals surface area contributed by atoms with Crippen LogP contribution in [0.4, 0.5) is 0 Å². The van der Waals surface area contributed by atoms with Crippen molar-refractivity contribution in [2.24, 2.45) is 0 Å². The van der Waals surface area contributed by atoms with Crippen molar-refractivity contribution < 1.29 is 17.9 Å². The molecule has 8 heteroatoms. The number of rotatable bonds is 9. The molecule has 0 radical (unpaired) electrons. The van der Waals surface area contributed by atoms with Crippen molar-refractivity contribution in [1.82, 2.24) is 14.5 Å². The third-order valence-corrected chi connectivity index (χ3v) is 4.70. The number of hydrogen-bond acceptors (Lipinski definition) is 5. The van der Waals surface area contributed by atoms with Crippen LogP contribution in [0.3, 0.4) is 0 Å². The van der Waals surface area contributed by atoms with Crippen LogP contribution in [0, 0.1) is 0 Å². The van der Waals surface area contributed by atoms with Gasteiger partial charge in [-0.1, -0.05) is 6.92 Å². The predicted octanol–water partition coefficient (Wildman–Crippen LogP) is -0.503. The van der Waals surface area contributed by atoms with Gasteiger partial charge in [-0.05, 0) is 6.42 Å². The quantitative estimate of drug-likeness (QED) is 0.619. The normalized spacial score (nSPS) is 17.1. The first-order valence-corrected chi connectivity index (χ1v) is 9.30. The second kappa shape index (κ2) is 9.34. The monoisotopic (exact) mass is 321 g/mol. The Morgan fingerprint density at radius 2 is 1.95 bits per heavy atom. The molecule has 1 N–H and O–H groups in total. The molecule has 1 fully saturated rings. The Kier molecular flexibility index (Phi) is 8.16. The summed E-state index contributed by atoms with van der Waals surface area (Å²) < 4.78 is 30.2. The van der Waals surface area contributed by atoms with Gasteiger partial charge in [-0.25, -0.2) is 12.7 Å². The van der Waals surface area contributed by atoms with E-state index in [0.29, 0.717) is 32.8 Å². The molecule has 124 valence electrons. The van der Waals surface area contributed by atoms with Gasteiger partial charge in [0.25, 0.3) is 0 Å². The summed E-state index contributed by atoms with van der Waals surface area (Å²) in [5.74, 6) is -0.100. The number of morpholine rings is 1. The van der Waals surface area contributed by atoms with Crippen LogP contribution in [0.25, 0.3) is 0 Å². The van der Waals surface area contributed by atoms with Gasteiger partial charge in [-0.15, -0.1) is 0 Å². The van der Waals surface area contributed by atoms with E-state index in [9.17, 15) is 13.2 Å². The molecule has 0 saturated carbocycles. The summed E-state index contributed by atoms with van der Waals surface area (Å²) in [5.41, 5.74) is 0. The average molecular weight is 321 g/mol. The van der Waals surface area contributed by atoms with Gasteiger partial charge < -0.3 is 10.1 Å². The van der Waals surface area contributed by atoms with E-state index >= 15 is 0 Å². The number of nitrogens with one attached hydrogen (secondary N) is 1. The highest BCUT2D eigenvalue weighted by Gasteiger charge is 2.19. The summed E-state index contributed by atoms with van der Waals surface area (Å²) in [6, 6.07) is 0. The number of nitrogens with zero attached hydrogens (tertiary/aromatic N) is 2. The maximum atomic E-state index is 11.8. The molecule has 0 aromatic rings. The highest BCUT2D eigenvalue weighted by molar-refractivity contribution is 7.88. The molecule has 1 rings (SSSR count). The zero-order valence-electron chi connectivity index (χ0n) is 13.0. The fraction of sp³-hybridized carbons (Fsp3) is 0.923. The third-order valence-electron chi connectivity index (χ3n) is 3.40. The molecule has 0 aromatic carbocycles. The lowest BCUT2D eigenvalue weighted by molar-refractivity contribution is -0.121. The summed E-state index contributed by atoms with van der Waals surface area (Å²) in [6.45, 7) is 6.97. The second-order valence-corrected chi connectivity index (χ2v) is 7.20. The molecule has 0 unspecified atom stereocenters. The smallest absolute Gasteiger partial charge is 0.221 e. The number of hydrogen-bond donors (Lipinski definition) is 1. The lowest BCUT2D eigenvalue weighted by Crippen LogP contribution is -2.43. The predicted molar refractivity (Wildman–Crippen MR) is 81.6 cm³/mol. The highest BCUT2D eigenvalue weighted by Crippen LogP contribution is 2.03. The maximum Gasteiger partial charge on any atom is 0.221 e. The van der Waals surface area contributed by atoms with Crippen LogP contribution in [0.15, 0.2) is 0 Å².